The van der Waals surface area contributed by atoms with E-state index < -0.39 is 6.10 Å². The second-order valence-corrected chi connectivity index (χ2v) is 10.7. The maximum Gasteiger partial charge on any atom is 0.0708 e. The van der Waals surface area contributed by atoms with Crippen molar-refractivity contribution in [1.29, 1.82) is 0 Å². The van der Waals surface area contributed by atoms with Crippen LogP contribution >= 0.6 is 23.2 Å². The van der Waals surface area contributed by atoms with E-state index >= 15 is 0 Å². The predicted octanol–water partition coefficient (Wildman–Crippen LogP) is 7.01. The smallest absolute Gasteiger partial charge is 0.0708 e. The number of β-amino-alcohol motifs (C(OH)–C–C–N with tert-alkyl or cyclic N) is 1. The molecule has 35 heavy (non-hydrogen) atoms. The lowest BCUT2D eigenvalue weighted by atomic mass is 9.90. The van der Waals surface area contributed by atoms with Gasteiger partial charge in [-0.3, -0.25) is 0 Å². The molecule has 1 atom stereocenters. The number of benzene rings is 3. The molecule has 2 heterocycles. The standard InChI is InChI=1S/C30H32Cl2N2O/c1-33-29-12-11-25(32)18-27(29)28(30(33)23-7-9-24(31)10-8-23)19-26(35)20-34-15-13-22(14-16-34)17-21-5-3-2-4-6-21/h2-12,18,22,26,35H,13-17,19-20H2,1H3. The highest BCUT2D eigenvalue weighted by atomic mass is 35.5. The molecule has 1 aromatic heterocycles. The molecule has 0 spiro atoms. The molecule has 5 rings (SSSR count). The minimum absolute atomic E-state index is 0.448. The molecule has 4 aromatic rings. The molecule has 1 aliphatic heterocycles. The zero-order valence-electron chi connectivity index (χ0n) is 20.1. The van der Waals surface area contributed by atoms with E-state index in [0.29, 0.717) is 23.0 Å². The number of nitrogens with zero attached hydrogens (tertiary/aromatic N) is 2. The zero-order valence-corrected chi connectivity index (χ0v) is 21.6. The van der Waals surface area contributed by atoms with Crippen LogP contribution in [0.2, 0.25) is 10.0 Å². The summed E-state index contributed by atoms with van der Waals surface area (Å²) in [4.78, 5) is 2.42. The molecule has 1 fully saturated rings. The topological polar surface area (TPSA) is 28.4 Å². The number of rotatable bonds is 7. The van der Waals surface area contributed by atoms with Gasteiger partial charge in [0.15, 0.2) is 0 Å². The van der Waals surface area contributed by atoms with Crippen LogP contribution in [0.1, 0.15) is 24.0 Å². The second-order valence-electron chi connectivity index (χ2n) is 9.85. The fraction of sp³-hybridized carbons (Fsp3) is 0.333. The molecule has 1 saturated heterocycles. The highest BCUT2D eigenvalue weighted by molar-refractivity contribution is 6.31. The number of piperidine rings is 1. The van der Waals surface area contributed by atoms with Crippen molar-refractivity contribution in [2.75, 3.05) is 19.6 Å². The number of aliphatic hydroxyl groups is 1. The summed E-state index contributed by atoms with van der Waals surface area (Å²) in [5.41, 5.74) is 5.88. The van der Waals surface area contributed by atoms with Crippen LogP contribution in [0.4, 0.5) is 0 Å². The van der Waals surface area contributed by atoms with Crippen LogP contribution in [0.5, 0.6) is 0 Å². The molecule has 1 aliphatic rings. The summed E-state index contributed by atoms with van der Waals surface area (Å²) in [6, 6.07) is 24.7. The number of halogens is 2. The lowest BCUT2D eigenvalue weighted by Crippen LogP contribution is -2.39. The van der Waals surface area contributed by atoms with E-state index in [1.165, 1.54) is 18.4 Å². The normalized spacial score (nSPS) is 16.1. The lowest BCUT2D eigenvalue weighted by molar-refractivity contribution is 0.0896. The Bertz CT molecular complexity index is 1280. The molecule has 1 unspecified atom stereocenters. The molecular weight excluding hydrogens is 475 g/mol. The SMILES string of the molecule is Cn1c(-c2ccc(Cl)cc2)c(CC(O)CN2CCC(Cc3ccccc3)CC2)c2cc(Cl)ccc21. The molecule has 0 radical (unpaired) electrons. The van der Waals surface area contributed by atoms with Crippen LogP contribution in [0, 0.1) is 5.92 Å². The number of aromatic nitrogens is 1. The van der Waals surface area contributed by atoms with Crippen molar-refractivity contribution in [2.24, 2.45) is 13.0 Å². The van der Waals surface area contributed by atoms with Crippen molar-refractivity contribution in [3.63, 3.8) is 0 Å². The van der Waals surface area contributed by atoms with Crippen molar-refractivity contribution in [2.45, 2.75) is 31.8 Å². The Balaban J connectivity index is 1.30. The predicted molar refractivity (Wildman–Crippen MR) is 147 cm³/mol. The highest BCUT2D eigenvalue weighted by Gasteiger charge is 2.24. The third kappa shape index (κ3) is 5.59. The van der Waals surface area contributed by atoms with Crippen LogP contribution in [0.15, 0.2) is 72.8 Å². The van der Waals surface area contributed by atoms with Gasteiger partial charge < -0.3 is 14.6 Å². The number of hydrogen-bond acceptors (Lipinski definition) is 2. The Morgan fingerprint density at radius 1 is 0.914 bits per heavy atom. The number of aryl methyl sites for hydroxylation is 1. The monoisotopic (exact) mass is 506 g/mol. The second kappa shape index (κ2) is 10.8. The number of likely N-dealkylation sites (tertiary alicyclic amines) is 1. The Labute approximate surface area is 217 Å². The summed E-state index contributed by atoms with van der Waals surface area (Å²) in [6.07, 6.45) is 3.65. The van der Waals surface area contributed by atoms with Gasteiger partial charge in [-0.2, -0.15) is 0 Å². The number of fused-ring (bicyclic) bond motifs is 1. The minimum atomic E-state index is -0.448. The average molecular weight is 508 g/mol. The molecule has 1 N–H and O–H groups in total. The van der Waals surface area contributed by atoms with E-state index in [2.05, 4.69) is 52.9 Å². The van der Waals surface area contributed by atoms with Gasteiger partial charge in [-0.05, 0) is 85.3 Å². The fourth-order valence-corrected chi connectivity index (χ4v) is 5.89. The molecule has 5 heteroatoms. The summed E-state index contributed by atoms with van der Waals surface area (Å²) >= 11 is 12.5. The summed E-state index contributed by atoms with van der Waals surface area (Å²) < 4.78 is 2.20. The molecule has 3 nitrogen and oxygen atoms in total. The van der Waals surface area contributed by atoms with Crippen molar-refractivity contribution < 1.29 is 5.11 Å². The maximum absolute atomic E-state index is 11.2. The van der Waals surface area contributed by atoms with Crippen molar-refractivity contribution >= 4 is 34.1 Å². The van der Waals surface area contributed by atoms with Gasteiger partial charge in [-0.25, -0.2) is 0 Å². The van der Waals surface area contributed by atoms with E-state index in [9.17, 15) is 5.11 Å². The Kier molecular flexibility index (Phi) is 7.50. The Morgan fingerprint density at radius 2 is 1.60 bits per heavy atom. The van der Waals surface area contributed by atoms with Crippen LogP contribution in [0.25, 0.3) is 22.2 Å². The molecule has 182 valence electrons. The van der Waals surface area contributed by atoms with Crippen molar-refractivity contribution in [3.8, 4) is 11.3 Å². The zero-order chi connectivity index (χ0) is 24.4. The quantitative estimate of drug-likeness (QED) is 0.292. The van der Waals surface area contributed by atoms with Crippen LogP contribution in [-0.4, -0.2) is 40.3 Å². The summed E-state index contributed by atoms with van der Waals surface area (Å²) in [7, 11) is 2.08. The Hall–Kier alpha value is -2.30. The first-order chi connectivity index (χ1) is 17.0. The maximum atomic E-state index is 11.2. The fourth-order valence-electron chi connectivity index (χ4n) is 5.59. The van der Waals surface area contributed by atoms with Gasteiger partial charge in [0.25, 0.3) is 0 Å². The molecular formula is C30H32Cl2N2O. The van der Waals surface area contributed by atoms with Crippen LogP contribution < -0.4 is 0 Å². The number of aliphatic hydroxyl groups excluding tert-OH is 1. The third-order valence-electron chi connectivity index (χ3n) is 7.37. The molecule has 0 saturated carbocycles. The summed E-state index contributed by atoms with van der Waals surface area (Å²) in [5, 5.41) is 13.7. The molecule has 0 bridgehead atoms. The largest absolute Gasteiger partial charge is 0.391 e. The first kappa shape index (κ1) is 24.4. The lowest BCUT2D eigenvalue weighted by Gasteiger charge is -2.33. The van der Waals surface area contributed by atoms with Gasteiger partial charge in [-0.15, -0.1) is 0 Å². The van der Waals surface area contributed by atoms with Crippen LogP contribution in [-0.2, 0) is 19.9 Å². The van der Waals surface area contributed by atoms with Crippen LogP contribution in [0.3, 0.4) is 0 Å². The van der Waals surface area contributed by atoms with Gasteiger partial charge in [-0.1, -0.05) is 65.7 Å². The van der Waals surface area contributed by atoms with Crippen molar-refractivity contribution in [3.05, 3.63) is 94.0 Å². The van der Waals surface area contributed by atoms with E-state index in [-0.39, 0.29) is 0 Å². The van der Waals surface area contributed by atoms with Gasteiger partial charge >= 0.3 is 0 Å². The highest BCUT2D eigenvalue weighted by Crippen LogP contribution is 2.36. The summed E-state index contributed by atoms with van der Waals surface area (Å²) in [6.45, 7) is 2.77. The van der Waals surface area contributed by atoms with E-state index in [4.69, 9.17) is 23.2 Å². The first-order valence-corrected chi connectivity index (χ1v) is 13.2. The van der Waals surface area contributed by atoms with Gasteiger partial charge in [0.2, 0.25) is 0 Å². The minimum Gasteiger partial charge on any atom is -0.391 e. The third-order valence-corrected chi connectivity index (χ3v) is 7.85. The molecule has 3 aromatic carbocycles. The van der Waals surface area contributed by atoms with Gasteiger partial charge in [0, 0.05) is 41.0 Å². The first-order valence-electron chi connectivity index (χ1n) is 12.4. The van der Waals surface area contributed by atoms with E-state index in [1.54, 1.807) is 0 Å². The van der Waals surface area contributed by atoms with E-state index in [0.717, 1.165) is 53.2 Å². The molecule has 0 amide bonds. The number of hydrogen-bond donors (Lipinski definition) is 1. The van der Waals surface area contributed by atoms with Gasteiger partial charge in [0.1, 0.15) is 0 Å². The molecule has 0 aliphatic carbocycles. The van der Waals surface area contributed by atoms with Gasteiger partial charge in [0.05, 0.1) is 11.8 Å². The van der Waals surface area contributed by atoms with Crippen molar-refractivity contribution in [1.82, 2.24) is 9.47 Å². The Morgan fingerprint density at radius 3 is 2.31 bits per heavy atom. The van der Waals surface area contributed by atoms with E-state index in [1.807, 2.05) is 36.4 Å². The summed E-state index contributed by atoms with van der Waals surface area (Å²) in [5.74, 6) is 0.725. The average Bonchev–Trinajstić information content (AvgIpc) is 3.12.